The number of thiazole rings is 1. The van der Waals surface area contributed by atoms with E-state index in [9.17, 15) is 4.79 Å². The van der Waals surface area contributed by atoms with E-state index in [1.807, 2.05) is 35.7 Å². The average molecular weight is 569 g/mol. The number of rotatable bonds is 11. The molecule has 1 fully saturated rings. The topological polar surface area (TPSA) is 72.9 Å². The molecule has 1 amide bonds. The number of nitrogens with zero attached hydrogens (tertiary/aromatic N) is 2. The summed E-state index contributed by atoms with van der Waals surface area (Å²) in [6, 6.07) is 12.9. The summed E-state index contributed by atoms with van der Waals surface area (Å²) in [7, 11) is 1.63. The van der Waals surface area contributed by atoms with Crippen molar-refractivity contribution in [3.8, 4) is 28.5 Å². The number of carbonyl (C=O) groups is 1. The first-order chi connectivity index (χ1) is 17.2. The van der Waals surface area contributed by atoms with Gasteiger partial charge in [-0.05, 0) is 74.8 Å². The Balaban J connectivity index is 0.00000241. The van der Waals surface area contributed by atoms with Gasteiger partial charge in [0.2, 0.25) is 0 Å². The minimum atomic E-state index is -0.210. The molecule has 0 bridgehead atoms. The van der Waals surface area contributed by atoms with Crippen LogP contribution in [-0.2, 0) is 0 Å². The van der Waals surface area contributed by atoms with Gasteiger partial charge >= 0.3 is 0 Å². The highest BCUT2D eigenvalue weighted by molar-refractivity contribution is 7.14. The number of anilines is 1. The molecule has 1 aliphatic rings. The van der Waals surface area contributed by atoms with Gasteiger partial charge in [0.25, 0.3) is 5.91 Å². The highest BCUT2D eigenvalue weighted by Crippen LogP contribution is 2.35. The lowest BCUT2D eigenvalue weighted by molar-refractivity contribution is 0.102. The Hall–Kier alpha value is -2.52. The number of likely N-dealkylation sites (tertiary alicyclic amines) is 1. The summed E-state index contributed by atoms with van der Waals surface area (Å²) in [5.74, 6) is 2.03. The van der Waals surface area contributed by atoms with Crippen LogP contribution in [0.4, 0.5) is 5.13 Å². The standard InChI is InChI=1S/C27H33N3O4S.2ClH/c1-3-16-33-22-11-12-25(32-2)23(18-22)24-19-35-27(28-24)29-26(31)20-7-9-21(10-8-20)34-17-15-30-13-5-4-6-14-30;;/h7-12,18-19H,3-6,13-17H2,1-2H3,(H,28,29,31);2*1H. The monoisotopic (exact) mass is 567 g/mol. The molecule has 3 aromatic rings. The number of benzene rings is 2. The second kappa shape index (κ2) is 15.7. The van der Waals surface area contributed by atoms with Crippen LogP contribution in [0.1, 0.15) is 43.0 Å². The summed E-state index contributed by atoms with van der Waals surface area (Å²) in [5.41, 5.74) is 2.10. The Morgan fingerprint density at radius 1 is 1.00 bits per heavy atom. The van der Waals surface area contributed by atoms with Crippen molar-refractivity contribution >= 4 is 47.2 Å². The quantitative estimate of drug-likeness (QED) is 0.282. The maximum atomic E-state index is 12.8. The van der Waals surface area contributed by atoms with Crippen molar-refractivity contribution in [1.82, 2.24) is 9.88 Å². The van der Waals surface area contributed by atoms with E-state index in [0.717, 1.165) is 48.8 Å². The largest absolute Gasteiger partial charge is 0.496 e. The smallest absolute Gasteiger partial charge is 0.257 e. The van der Waals surface area contributed by atoms with E-state index < -0.39 is 0 Å². The van der Waals surface area contributed by atoms with Crippen LogP contribution in [0.15, 0.2) is 47.8 Å². The zero-order chi connectivity index (χ0) is 24.5. The molecule has 4 rings (SSSR count). The summed E-state index contributed by atoms with van der Waals surface area (Å²) in [4.78, 5) is 19.8. The fourth-order valence-corrected chi connectivity index (χ4v) is 4.70. The van der Waals surface area contributed by atoms with Crippen LogP contribution in [0.25, 0.3) is 11.3 Å². The van der Waals surface area contributed by atoms with Gasteiger partial charge in [-0.2, -0.15) is 0 Å². The maximum Gasteiger partial charge on any atom is 0.257 e. The van der Waals surface area contributed by atoms with Crippen molar-refractivity contribution in [3.05, 3.63) is 53.4 Å². The van der Waals surface area contributed by atoms with E-state index in [4.69, 9.17) is 14.2 Å². The average Bonchev–Trinajstić information content (AvgIpc) is 3.36. The Morgan fingerprint density at radius 3 is 2.41 bits per heavy atom. The highest BCUT2D eigenvalue weighted by Gasteiger charge is 2.14. The number of amides is 1. The number of hydrogen-bond acceptors (Lipinski definition) is 7. The van der Waals surface area contributed by atoms with E-state index in [-0.39, 0.29) is 30.7 Å². The van der Waals surface area contributed by atoms with Crippen LogP contribution in [0, 0.1) is 0 Å². The van der Waals surface area contributed by atoms with Crippen molar-refractivity contribution in [2.75, 3.05) is 45.3 Å². The van der Waals surface area contributed by atoms with Gasteiger partial charge in [0.05, 0.1) is 19.4 Å². The normalized spacial score (nSPS) is 13.1. The molecule has 0 radical (unpaired) electrons. The molecule has 1 saturated heterocycles. The number of ether oxygens (including phenoxy) is 3. The Bertz CT molecular complexity index is 1110. The molecular formula is C27H35Cl2N3O4S. The van der Waals surface area contributed by atoms with Gasteiger partial charge in [0, 0.05) is 23.1 Å². The van der Waals surface area contributed by atoms with E-state index >= 15 is 0 Å². The number of methoxy groups -OCH3 is 1. The van der Waals surface area contributed by atoms with Crippen LogP contribution in [0.2, 0.25) is 0 Å². The molecule has 202 valence electrons. The summed E-state index contributed by atoms with van der Waals surface area (Å²) in [6.45, 7) is 6.62. The summed E-state index contributed by atoms with van der Waals surface area (Å²) in [5, 5.41) is 5.31. The molecule has 0 unspecified atom stereocenters. The predicted molar refractivity (Wildman–Crippen MR) is 155 cm³/mol. The first kappa shape index (κ1) is 30.7. The highest BCUT2D eigenvalue weighted by atomic mass is 35.5. The molecule has 37 heavy (non-hydrogen) atoms. The number of halogens is 2. The molecule has 2 heterocycles. The van der Waals surface area contributed by atoms with Crippen LogP contribution < -0.4 is 19.5 Å². The minimum absolute atomic E-state index is 0. The molecule has 0 aliphatic carbocycles. The first-order valence-corrected chi connectivity index (χ1v) is 13.1. The van der Waals surface area contributed by atoms with Gasteiger partial charge in [0.1, 0.15) is 23.9 Å². The number of hydrogen-bond donors (Lipinski definition) is 1. The van der Waals surface area contributed by atoms with Gasteiger partial charge in [-0.15, -0.1) is 36.2 Å². The third kappa shape index (κ3) is 8.78. The molecule has 0 atom stereocenters. The third-order valence-electron chi connectivity index (χ3n) is 5.89. The Kier molecular flexibility index (Phi) is 13.0. The molecule has 1 N–H and O–H groups in total. The van der Waals surface area contributed by atoms with E-state index in [2.05, 4.69) is 22.1 Å². The second-order valence-corrected chi connectivity index (χ2v) is 9.34. The third-order valence-corrected chi connectivity index (χ3v) is 6.64. The molecule has 0 saturated carbocycles. The first-order valence-electron chi connectivity index (χ1n) is 12.2. The summed E-state index contributed by atoms with van der Waals surface area (Å²) >= 11 is 1.37. The lowest BCUT2D eigenvalue weighted by Crippen LogP contribution is -2.33. The van der Waals surface area contributed by atoms with Gasteiger partial charge in [-0.1, -0.05) is 13.3 Å². The molecule has 7 nitrogen and oxygen atoms in total. The number of aromatic nitrogens is 1. The maximum absolute atomic E-state index is 12.8. The SMILES string of the molecule is CCCOc1ccc(OC)c(-c2csc(NC(=O)c3ccc(OCCN4CCCCC4)cc3)n2)c1.Cl.Cl. The molecule has 1 aliphatic heterocycles. The van der Waals surface area contributed by atoms with Crippen molar-refractivity contribution < 1.29 is 19.0 Å². The molecule has 10 heteroatoms. The second-order valence-electron chi connectivity index (χ2n) is 8.48. The van der Waals surface area contributed by atoms with Crippen LogP contribution in [0.5, 0.6) is 17.2 Å². The van der Waals surface area contributed by atoms with E-state index in [1.165, 1.54) is 30.6 Å². The lowest BCUT2D eigenvalue weighted by Gasteiger charge is -2.26. The summed E-state index contributed by atoms with van der Waals surface area (Å²) in [6.07, 6.45) is 4.81. The minimum Gasteiger partial charge on any atom is -0.496 e. The Labute approximate surface area is 235 Å². The van der Waals surface area contributed by atoms with Crippen molar-refractivity contribution in [3.63, 3.8) is 0 Å². The van der Waals surface area contributed by atoms with Gasteiger partial charge in [-0.3, -0.25) is 15.0 Å². The van der Waals surface area contributed by atoms with Crippen LogP contribution >= 0.6 is 36.2 Å². The Morgan fingerprint density at radius 2 is 1.70 bits per heavy atom. The van der Waals surface area contributed by atoms with Crippen molar-refractivity contribution in [1.29, 1.82) is 0 Å². The van der Waals surface area contributed by atoms with Crippen molar-refractivity contribution in [2.45, 2.75) is 32.6 Å². The van der Waals surface area contributed by atoms with E-state index in [1.54, 1.807) is 19.2 Å². The lowest BCUT2D eigenvalue weighted by atomic mass is 10.1. The molecular weight excluding hydrogens is 533 g/mol. The fourth-order valence-electron chi connectivity index (χ4n) is 4.00. The van der Waals surface area contributed by atoms with Crippen LogP contribution in [0.3, 0.4) is 0 Å². The zero-order valence-electron chi connectivity index (χ0n) is 21.2. The summed E-state index contributed by atoms with van der Waals surface area (Å²) < 4.78 is 17.1. The van der Waals surface area contributed by atoms with Crippen LogP contribution in [-0.4, -0.2) is 55.7 Å². The fraction of sp³-hybridized carbons (Fsp3) is 0.407. The van der Waals surface area contributed by atoms with Gasteiger partial charge < -0.3 is 14.2 Å². The van der Waals surface area contributed by atoms with Crippen molar-refractivity contribution in [2.24, 2.45) is 0 Å². The molecule has 2 aromatic carbocycles. The van der Waals surface area contributed by atoms with E-state index in [0.29, 0.717) is 29.7 Å². The number of nitrogens with one attached hydrogen (secondary N) is 1. The van der Waals surface area contributed by atoms with Gasteiger partial charge in [-0.25, -0.2) is 4.98 Å². The molecule has 0 spiro atoms. The number of piperidine rings is 1. The predicted octanol–water partition coefficient (Wildman–Crippen LogP) is 6.57. The zero-order valence-corrected chi connectivity index (χ0v) is 23.7. The molecule has 1 aromatic heterocycles. The number of carbonyl (C=O) groups excluding carboxylic acids is 1. The van der Waals surface area contributed by atoms with Gasteiger partial charge in [0.15, 0.2) is 5.13 Å².